The van der Waals surface area contributed by atoms with Crippen LogP contribution < -0.4 is 4.72 Å². The average molecular weight is 306 g/mol. The van der Waals surface area contributed by atoms with Gasteiger partial charge in [-0.05, 0) is 12.8 Å². The molecule has 20 heavy (non-hydrogen) atoms. The SMILES string of the molecule is CC(C(=O)O)C(C)C(=O)N1CCC(NS(C)(=O)=O)CC1. The van der Waals surface area contributed by atoms with E-state index in [1.165, 1.54) is 6.92 Å². The van der Waals surface area contributed by atoms with E-state index >= 15 is 0 Å². The van der Waals surface area contributed by atoms with Crippen LogP contribution in [0.4, 0.5) is 0 Å². The van der Waals surface area contributed by atoms with Gasteiger partial charge in [0.15, 0.2) is 0 Å². The normalized spacial score (nSPS) is 20.4. The lowest BCUT2D eigenvalue weighted by Gasteiger charge is -2.34. The molecule has 2 N–H and O–H groups in total. The van der Waals surface area contributed by atoms with Crippen LogP contribution in [0.15, 0.2) is 0 Å². The lowest BCUT2D eigenvalue weighted by Crippen LogP contribution is -2.48. The number of nitrogens with zero attached hydrogens (tertiary/aromatic N) is 1. The first-order chi connectivity index (χ1) is 9.11. The number of amides is 1. The molecular weight excluding hydrogens is 284 g/mol. The molecule has 1 heterocycles. The summed E-state index contributed by atoms with van der Waals surface area (Å²) in [6, 6.07) is -0.152. The third-order valence-corrected chi connectivity index (χ3v) is 4.48. The summed E-state index contributed by atoms with van der Waals surface area (Å²) in [6.07, 6.45) is 2.21. The fraction of sp³-hybridized carbons (Fsp3) is 0.833. The highest BCUT2D eigenvalue weighted by atomic mass is 32.2. The molecule has 0 aromatic heterocycles. The lowest BCUT2D eigenvalue weighted by molar-refractivity contribution is -0.149. The standard InChI is InChI=1S/C12H22N2O5S/c1-8(9(2)12(16)17)11(15)14-6-4-10(5-7-14)13-20(3,18)19/h8-10,13H,4-7H2,1-3H3,(H,16,17). The van der Waals surface area contributed by atoms with Gasteiger partial charge in [-0.15, -0.1) is 0 Å². The highest BCUT2D eigenvalue weighted by molar-refractivity contribution is 7.88. The van der Waals surface area contributed by atoms with Gasteiger partial charge >= 0.3 is 5.97 Å². The predicted octanol–water partition coefficient (Wildman–Crippen LogP) is -0.117. The van der Waals surface area contributed by atoms with E-state index in [0.29, 0.717) is 25.9 Å². The van der Waals surface area contributed by atoms with Crippen molar-refractivity contribution in [2.75, 3.05) is 19.3 Å². The summed E-state index contributed by atoms with van der Waals surface area (Å²) < 4.78 is 24.8. The number of hydrogen-bond acceptors (Lipinski definition) is 4. The molecule has 1 fully saturated rings. The Bertz CT molecular complexity index is 468. The van der Waals surface area contributed by atoms with Crippen LogP contribution in [0, 0.1) is 11.8 Å². The molecular formula is C12H22N2O5S. The quantitative estimate of drug-likeness (QED) is 0.737. The number of piperidine rings is 1. The first-order valence-electron chi connectivity index (χ1n) is 6.60. The van der Waals surface area contributed by atoms with Gasteiger partial charge < -0.3 is 10.0 Å². The first kappa shape index (κ1) is 16.9. The van der Waals surface area contributed by atoms with Crippen LogP contribution in [0.2, 0.25) is 0 Å². The zero-order valence-corrected chi connectivity index (χ0v) is 12.8. The minimum atomic E-state index is -3.23. The highest BCUT2D eigenvalue weighted by Crippen LogP contribution is 2.18. The molecule has 0 aromatic carbocycles. The summed E-state index contributed by atoms with van der Waals surface area (Å²) >= 11 is 0. The van der Waals surface area contributed by atoms with Gasteiger partial charge in [-0.1, -0.05) is 13.8 Å². The van der Waals surface area contributed by atoms with E-state index in [1.807, 2.05) is 0 Å². The molecule has 1 aliphatic rings. The van der Waals surface area contributed by atoms with Gasteiger partial charge in [0.1, 0.15) is 0 Å². The molecule has 0 saturated carbocycles. The number of rotatable bonds is 5. The molecule has 0 spiro atoms. The summed E-state index contributed by atoms with van der Waals surface area (Å²) in [5.41, 5.74) is 0. The number of likely N-dealkylation sites (tertiary alicyclic amines) is 1. The fourth-order valence-corrected chi connectivity index (χ4v) is 3.08. The van der Waals surface area contributed by atoms with Crippen LogP contribution in [0.1, 0.15) is 26.7 Å². The Morgan fingerprint density at radius 2 is 1.70 bits per heavy atom. The number of nitrogens with one attached hydrogen (secondary N) is 1. The molecule has 1 amide bonds. The number of hydrogen-bond donors (Lipinski definition) is 2. The number of carbonyl (C=O) groups excluding carboxylic acids is 1. The molecule has 0 bridgehead atoms. The molecule has 116 valence electrons. The Balaban J connectivity index is 2.53. The zero-order valence-electron chi connectivity index (χ0n) is 12.0. The molecule has 1 saturated heterocycles. The van der Waals surface area contributed by atoms with Crippen LogP contribution in [0.5, 0.6) is 0 Å². The maximum absolute atomic E-state index is 12.2. The third kappa shape index (κ3) is 4.75. The van der Waals surface area contributed by atoms with E-state index in [2.05, 4.69) is 4.72 Å². The average Bonchev–Trinajstić information content (AvgIpc) is 2.35. The van der Waals surface area contributed by atoms with Crippen LogP contribution in [-0.4, -0.2) is 55.7 Å². The van der Waals surface area contributed by atoms with Gasteiger partial charge in [0.25, 0.3) is 0 Å². The molecule has 0 aliphatic carbocycles. The summed E-state index contributed by atoms with van der Waals surface area (Å²) in [5, 5.41) is 8.92. The smallest absolute Gasteiger partial charge is 0.307 e. The van der Waals surface area contributed by atoms with Crippen LogP contribution in [0.3, 0.4) is 0 Å². The van der Waals surface area contributed by atoms with Gasteiger partial charge in [0.2, 0.25) is 15.9 Å². The van der Waals surface area contributed by atoms with Gasteiger partial charge in [-0.2, -0.15) is 0 Å². The van der Waals surface area contributed by atoms with Crippen LogP contribution >= 0.6 is 0 Å². The van der Waals surface area contributed by atoms with Gasteiger partial charge in [-0.25, -0.2) is 13.1 Å². The number of sulfonamides is 1. The van der Waals surface area contributed by atoms with Gasteiger partial charge in [0.05, 0.1) is 12.2 Å². The summed E-state index contributed by atoms with van der Waals surface area (Å²) in [7, 11) is -3.23. The molecule has 0 aromatic rings. The lowest BCUT2D eigenvalue weighted by atomic mass is 9.93. The second-order valence-electron chi connectivity index (χ2n) is 5.41. The van der Waals surface area contributed by atoms with Crippen molar-refractivity contribution in [2.24, 2.45) is 11.8 Å². The Hall–Kier alpha value is -1.15. The maximum atomic E-state index is 12.2. The molecule has 0 radical (unpaired) electrons. The minimum absolute atomic E-state index is 0.152. The maximum Gasteiger partial charge on any atom is 0.307 e. The highest BCUT2D eigenvalue weighted by Gasteiger charge is 2.31. The van der Waals surface area contributed by atoms with Crippen molar-refractivity contribution in [3.05, 3.63) is 0 Å². The number of carboxylic acid groups (broad SMARTS) is 1. The van der Waals surface area contributed by atoms with Crippen molar-refractivity contribution in [3.63, 3.8) is 0 Å². The molecule has 2 unspecified atom stereocenters. The van der Waals surface area contributed by atoms with Crippen LogP contribution in [0.25, 0.3) is 0 Å². The molecule has 7 nitrogen and oxygen atoms in total. The predicted molar refractivity (Wildman–Crippen MR) is 73.5 cm³/mol. The topological polar surface area (TPSA) is 104 Å². The number of carbonyl (C=O) groups is 2. The van der Waals surface area contributed by atoms with E-state index in [-0.39, 0.29) is 11.9 Å². The molecule has 1 rings (SSSR count). The number of aliphatic carboxylic acids is 1. The Morgan fingerprint density at radius 3 is 2.10 bits per heavy atom. The summed E-state index contributed by atoms with van der Waals surface area (Å²) in [6.45, 7) is 4.02. The summed E-state index contributed by atoms with van der Waals surface area (Å²) in [5.74, 6) is -2.47. The van der Waals surface area contributed by atoms with E-state index in [1.54, 1.807) is 11.8 Å². The largest absolute Gasteiger partial charge is 0.481 e. The van der Waals surface area contributed by atoms with Crippen molar-refractivity contribution in [1.29, 1.82) is 0 Å². The minimum Gasteiger partial charge on any atom is -0.481 e. The summed E-state index contributed by atoms with van der Waals surface area (Å²) in [4.78, 5) is 24.7. The van der Waals surface area contributed by atoms with Gasteiger partial charge in [-0.3, -0.25) is 9.59 Å². The van der Waals surface area contributed by atoms with Crippen molar-refractivity contribution in [1.82, 2.24) is 9.62 Å². The first-order valence-corrected chi connectivity index (χ1v) is 8.50. The fourth-order valence-electron chi connectivity index (χ4n) is 2.24. The monoisotopic (exact) mass is 306 g/mol. The van der Waals surface area contributed by atoms with E-state index in [4.69, 9.17) is 5.11 Å². The van der Waals surface area contributed by atoms with Crippen molar-refractivity contribution in [2.45, 2.75) is 32.7 Å². The molecule has 2 atom stereocenters. The third-order valence-electron chi connectivity index (χ3n) is 3.72. The second kappa shape index (κ2) is 6.53. The Morgan fingerprint density at radius 1 is 1.20 bits per heavy atom. The van der Waals surface area contributed by atoms with E-state index in [0.717, 1.165) is 6.26 Å². The van der Waals surface area contributed by atoms with E-state index < -0.39 is 27.8 Å². The number of carboxylic acids is 1. The molecule has 1 aliphatic heterocycles. The molecule has 8 heteroatoms. The Labute approximate surface area is 119 Å². The second-order valence-corrected chi connectivity index (χ2v) is 7.19. The Kier molecular flexibility index (Phi) is 5.52. The zero-order chi connectivity index (χ0) is 15.5. The van der Waals surface area contributed by atoms with Gasteiger partial charge in [0, 0.05) is 25.0 Å². The van der Waals surface area contributed by atoms with Crippen LogP contribution in [-0.2, 0) is 19.6 Å². The van der Waals surface area contributed by atoms with E-state index in [9.17, 15) is 18.0 Å². The van der Waals surface area contributed by atoms with Crippen molar-refractivity contribution < 1.29 is 23.1 Å². The van der Waals surface area contributed by atoms with Crippen molar-refractivity contribution in [3.8, 4) is 0 Å². The van der Waals surface area contributed by atoms with Crippen molar-refractivity contribution >= 4 is 21.9 Å².